The number of hydrogen-bond acceptors (Lipinski definition) is 5. The van der Waals surface area contributed by atoms with Crippen LogP contribution < -0.4 is 4.90 Å². The molecule has 142 valence electrons. The molecular formula is C22H21N3O3. The molecule has 0 radical (unpaired) electrons. The molecule has 28 heavy (non-hydrogen) atoms. The normalized spacial score (nSPS) is 13.3. The van der Waals surface area contributed by atoms with Crippen molar-refractivity contribution in [3.05, 3.63) is 65.1 Å². The molecule has 1 aliphatic heterocycles. The lowest BCUT2D eigenvalue weighted by Gasteiger charge is -2.30. The summed E-state index contributed by atoms with van der Waals surface area (Å²) < 4.78 is 0. The van der Waals surface area contributed by atoms with Gasteiger partial charge in [-0.15, -0.1) is 0 Å². The molecule has 6 heteroatoms. The van der Waals surface area contributed by atoms with E-state index in [1.807, 2.05) is 32.2 Å². The van der Waals surface area contributed by atoms with E-state index >= 15 is 0 Å². The minimum absolute atomic E-state index is 0.0757. The van der Waals surface area contributed by atoms with Crippen molar-refractivity contribution in [2.75, 3.05) is 11.4 Å². The van der Waals surface area contributed by atoms with Crippen LogP contribution in [0, 0.1) is 13.8 Å². The van der Waals surface area contributed by atoms with Crippen LogP contribution in [-0.4, -0.2) is 32.6 Å². The molecule has 1 aliphatic rings. The number of carbonyl (C=O) groups is 1. The first-order valence-corrected chi connectivity index (χ1v) is 9.21. The molecule has 2 heterocycles. The van der Waals surface area contributed by atoms with Gasteiger partial charge in [-0.05, 0) is 62.1 Å². The zero-order valence-electron chi connectivity index (χ0n) is 15.8. The fourth-order valence-corrected chi connectivity index (χ4v) is 3.62. The Morgan fingerprint density at radius 3 is 2.71 bits per heavy atom. The van der Waals surface area contributed by atoms with E-state index in [2.05, 4.69) is 16.0 Å². The Labute approximate surface area is 163 Å². The maximum Gasteiger partial charge on any atom is 0.262 e. The average Bonchev–Trinajstić information content (AvgIpc) is 2.68. The van der Waals surface area contributed by atoms with E-state index in [9.17, 15) is 15.0 Å². The summed E-state index contributed by atoms with van der Waals surface area (Å²) in [6.45, 7) is 4.43. The number of aromatic nitrogens is 2. The second-order valence-corrected chi connectivity index (χ2v) is 7.05. The third-order valence-corrected chi connectivity index (χ3v) is 5.02. The predicted molar refractivity (Wildman–Crippen MR) is 107 cm³/mol. The minimum Gasteiger partial charge on any atom is -0.508 e. The molecule has 0 spiro atoms. The number of hydrogen-bond donors (Lipinski definition) is 2. The van der Waals surface area contributed by atoms with Gasteiger partial charge in [-0.2, -0.15) is 0 Å². The number of anilines is 1. The number of benzene rings is 2. The molecule has 0 atom stereocenters. The number of aromatic hydroxyl groups is 2. The lowest BCUT2D eigenvalue weighted by molar-refractivity contribution is 0.0982. The van der Waals surface area contributed by atoms with Crippen LogP contribution in [-0.2, 0) is 6.42 Å². The van der Waals surface area contributed by atoms with E-state index in [4.69, 9.17) is 0 Å². The fraction of sp³-hybridized carbons (Fsp3) is 0.227. The number of nitrogens with zero attached hydrogens (tertiary/aromatic N) is 3. The van der Waals surface area contributed by atoms with Crippen molar-refractivity contribution < 1.29 is 15.0 Å². The van der Waals surface area contributed by atoms with Gasteiger partial charge in [0.1, 0.15) is 17.3 Å². The van der Waals surface area contributed by atoms with Crippen LogP contribution >= 0.6 is 0 Å². The van der Waals surface area contributed by atoms with Gasteiger partial charge in [0.25, 0.3) is 5.91 Å². The molecule has 2 N–H and O–H groups in total. The van der Waals surface area contributed by atoms with Crippen molar-refractivity contribution in [3.8, 4) is 22.8 Å². The Morgan fingerprint density at radius 1 is 1.11 bits per heavy atom. The molecule has 0 saturated carbocycles. The van der Waals surface area contributed by atoms with E-state index in [0.29, 0.717) is 6.54 Å². The molecule has 0 saturated heterocycles. The Bertz CT molecular complexity index is 1080. The summed E-state index contributed by atoms with van der Waals surface area (Å²) in [5, 5.41) is 19.5. The highest BCUT2D eigenvalue weighted by atomic mass is 16.3. The summed E-state index contributed by atoms with van der Waals surface area (Å²) in [6, 6.07) is 10.0. The second-order valence-electron chi connectivity index (χ2n) is 7.05. The average molecular weight is 375 g/mol. The van der Waals surface area contributed by atoms with Gasteiger partial charge in [-0.1, -0.05) is 6.07 Å². The largest absolute Gasteiger partial charge is 0.508 e. The van der Waals surface area contributed by atoms with E-state index < -0.39 is 0 Å². The number of amides is 1. The van der Waals surface area contributed by atoms with E-state index in [-0.39, 0.29) is 23.0 Å². The lowest BCUT2D eigenvalue weighted by atomic mass is 9.96. The zero-order chi connectivity index (χ0) is 19.8. The van der Waals surface area contributed by atoms with Gasteiger partial charge >= 0.3 is 0 Å². The van der Waals surface area contributed by atoms with Crippen molar-refractivity contribution in [1.82, 2.24) is 9.97 Å². The van der Waals surface area contributed by atoms with Crippen LogP contribution in [0.1, 0.15) is 33.7 Å². The molecule has 4 rings (SSSR count). The smallest absolute Gasteiger partial charge is 0.262 e. The summed E-state index contributed by atoms with van der Waals surface area (Å²) >= 11 is 0. The minimum atomic E-state index is -0.278. The van der Waals surface area contributed by atoms with E-state index in [1.165, 1.54) is 18.2 Å². The second kappa shape index (κ2) is 6.96. The van der Waals surface area contributed by atoms with Crippen molar-refractivity contribution in [2.24, 2.45) is 0 Å². The quantitative estimate of drug-likeness (QED) is 0.712. The van der Waals surface area contributed by atoms with Crippen molar-refractivity contribution in [1.29, 1.82) is 0 Å². The number of phenols is 2. The van der Waals surface area contributed by atoms with Crippen LogP contribution in [0.15, 0.2) is 42.6 Å². The molecule has 0 fully saturated rings. The van der Waals surface area contributed by atoms with Gasteiger partial charge in [0.2, 0.25) is 0 Å². The van der Waals surface area contributed by atoms with E-state index in [0.717, 1.165) is 46.7 Å². The molecule has 1 amide bonds. The Balaban J connectivity index is 1.72. The molecule has 3 aromatic rings. The number of carbonyl (C=O) groups excluding carboxylic acids is 1. The van der Waals surface area contributed by atoms with Gasteiger partial charge in [-0.3, -0.25) is 4.79 Å². The monoisotopic (exact) mass is 375 g/mol. The summed E-state index contributed by atoms with van der Waals surface area (Å²) in [4.78, 5) is 23.5. The summed E-state index contributed by atoms with van der Waals surface area (Å²) in [5.74, 6) is 0.146. The van der Waals surface area contributed by atoms with Crippen LogP contribution in [0.25, 0.3) is 11.3 Å². The Hall–Kier alpha value is -3.41. The van der Waals surface area contributed by atoms with Crippen molar-refractivity contribution in [2.45, 2.75) is 26.7 Å². The molecule has 0 bridgehead atoms. The molecule has 6 nitrogen and oxygen atoms in total. The first-order chi connectivity index (χ1) is 13.4. The van der Waals surface area contributed by atoms with Crippen molar-refractivity contribution >= 4 is 11.6 Å². The first-order valence-electron chi connectivity index (χ1n) is 9.21. The molecule has 1 aromatic heterocycles. The van der Waals surface area contributed by atoms with Gasteiger partial charge in [0.05, 0.1) is 11.3 Å². The summed E-state index contributed by atoms with van der Waals surface area (Å²) in [6.07, 6.45) is 3.53. The summed E-state index contributed by atoms with van der Waals surface area (Å²) in [7, 11) is 0. The van der Waals surface area contributed by atoms with E-state index in [1.54, 1.807) is 4.90 Å². The standard InChI is InChI=1S/C22H21N3O3/c1-13-12-23-14(2)24-21(13)16-5-8-19-15(10-16)4-3-9-25(19)22(28)18-7-6-17(26)11-20(18)27/h5-8,10-12,26-27H,3-4,9H2,1-2H3. The topological polar surface area (TPSA) is 86.6 Å². The van der Waals surface area contributed by atoms with Gasteiger partial charge in [0.15, 0.2) is 0 Å². The maximum atomic E-state index is 13.0. The number of rotatable bonds is 2. The van der Waals surface area contributed by atoms with Crippen LogP contribution in [0.3, 0.4) is 0 Å². The highest BCUT2D eigenvalue weighted by Crippen LogP contribution is 2.34. The lowest BCUT2D eigenvalue weighted by Crippen LogP contribution is -2.35. The molecule has 0 unspecified atom stereocenters. The third kappa shape index (κ3) is 3.17. The number of fused-ring (bicyclic) bond motifs is 1. The first kappa shape index (κ1) is 18.0. The molecular weight excluding hydrogens is 354 g/mol. The van der Waals surface area contributed by atoms with Crippen LogP contribution in [0.4, 0.5) is 5.69 Å². The number of phenolic OH excluding ortho intramolecular Hbond substituents is 2. The van der Waals surface area contributed by atoms with Crippen molar-refractivity contribution in [3.63, 3.8) is 0 Å². The molecule has 2 aromatic carbocycles. The van der Waals surface area contributed by atoms with Gasteiger partial charge in [0, 0.05) is 30.1 Å². The highest BCUT2D eigenvalue weighted by molar-refractivity contribution is 6.08. The molecule has 0 aliphatic carbocycles. The predicted octanol–water partition coefficient (Wildman–Crippen LogP) is 3.76. The fourth-order valence-electron chi connectivity index (χ4n) is 3.62. The summed E-state index contributed by atoms with van der Waals surface area (Å²) in [5.41, 5.74) is 5.00. The Kier molecular flexibility index (Phi) is 4.47. The van der Waals surface area contributed by atoms with Gasteiger partial charge in [-0.25, -0.2) is 9.97 Å². The highest BCUT2D eigenvalue weighted by Gasteiger charge is 2.26. The maximum absolute atomic E-state index is 13.0. The third-order valence-electron chi connectivity index (χ3n) is 5.02. The SMILES string of the molecule is Cc1ncc(C)c(-c2ccc3c(c2)CCCN3C(=O)c2ccc(O)cc2O)n1. The van der Waals surface area contributed by atoms with Crippen LogP contribution in [0.5, 0.6) is 11.5 Å². The van der Waals surface area contributed by atoms with Crippen LogP contribution in [0.2, 0.25) is 0 Å². The van der Waals surface area contributed by atoms with Gasteiger partial charge < -0.3 is 15.1 Å². The zero-order valence-corrected chi connectivity index (χ0v) is 15.8. The number of aryl methyl sites for hydroxylation is 3. The Morgan fingerprint density at radius 2 is 1.93 bits per heavy atom.